The van der Waals surface area contributed by atoms with Crippen LogP contribution in [0.4, 0.5) is 0 Å². The minimum atomic E-state index is 0.794. The molecule has 0 heterocycles. The summed E-state index contributed by atoms with van der Waals surface area (Å²) in [4.78, 5) is 0. The molecule has 0 bridgehead atoms. The van der Waals surface area contributed by atoms with E-state index in [1.165, 1.54) is 25.7 Å². The van der Waals surface area contributed by atoms with Crippen LogP contribution in [0.2, 0.25) is 0 Å². The summed E-state index contributed by atoms with van der Waals surface area (Å²) in [6.45, 7) is 8.64. The van der Waals surface area contributed by atoms with E-state index in [-0.39, 0.29) is 0 Å². The third-order valence-corrected chi connectivity index (χ3v) is 1.91. The highest BCUT2D eigenvalue weighted by atomic mass is 14.9. The summed E-state index contributed by atoms with van der Waals surface area (Å²) in [5.41, 5.74) is 0. The van der Waals surface area contributed by atoms with Crippen LogP contribution in [0.1, 0.15) is 39.5 Å². The van der Waals surface area contributed by atoms with E-state index < -0.39 is 0 Å². The molecule has 0 spiro atoms. The van der Waals surface area contributed by atoms with Crippen molar-refractivity contribution in [2.45, 2.75) is 45.6 Å². The molecule has 0 aliphatic heterocycles. The molecule has 1 nitrogen and oxygen atoms in total. The summed E-state index contributed by atoms with van der Waals surface area (Å²) in [6, 6.07) is 0.794. The summed E-state index contributed by atoms with van der Waals surface area (Å²) < 4.78 is 0. The zero-order chi connectivity index (χ0) is 8.53. The molecule has 0 atom stereocenters. The summed E-state index contributed by atoms with van der Waals surface area (Å²) >= 11 is 0. The van der Waals surface area contributed by atoms with Crippen LogP contribution in [0.5, 0.6) is 0 Å². The Morgan fingerprint density at radius 2 is 1.91 bits per heavy atom. The van der Waals surface area contributed by atoms with E-state index in [9.17, 15) is 0 Å². The Bertz CT molecular complexity index is 82.9. The number of rotatable bonds is 3. The molecular weight excluding hydrogens is 134 g/mol. The first-order chi connectivity index (χ1) is 5.43. The molecule has 1 aliphatic rings. The quantitative estimate of drug-likeness (QED) is 0.618. The average molecular weight is 155 g/mol. The van der Waals surface area contributed by atoms with Gasteiger partial charge in [-0.1, -0.05) is 32.8 Å². The summed E-state index contributed by atoms with van der Waals surface area (Å²) in [6.07, 6.45) is 7.49. The SMILES string of the molecule is C=CCNC1CCCC1.CC. The molecule has 1 saturated carbocycles. The molecule has 11 heavy (non-hydrogen) atoms. The van der Waals surface area contributed by atoms with Gasteiger partial charge in [0.25, 0.3) is 0 Å². The van der Waals surface area contributed by atoms with Crippen LogP contribution in [0.25, 0.3) is 0 Å². The lowest BCUT2D eigenvalue weighted by Gasteiger charge is -2.07. The van der Waals surface area contributed by atoms with Crippen molar-refractivity contribution in [3.63, 3.8) is 0 Å². The van der Waals surface area contributed by atoms with Gasteiger partial charge in [-0.15, -0.1) is 6.58 Å². The average Bonchev–Trinajstić information content (AvgIpc) is 2.57. The molecule has 1 heteroatoms. The highest BCUT2D eigenvalue weighted by Crippen LogP contribution is 2.16. The van der Waals surface area contributed by atoms with E-state index >= 15 is 0 Å². The van der Waals surface area contributed by atoms with Gasteiger partial charge in [0.1, 0.15) is 0 Å². The highest BCUT2D eigenvalue weighted by molar-refractivity contribution is 4.78. The van der Waals surface area contributed by atoms with Gasteiger partial charge in [0.2, 0.25) is 0 Å². The van der Waals surface area contributed by atoms with E-state index in [1.54, 1.807) is 0 Å². The molecule has 0 radical (unpaired) electrons. The van der Waals surface area contributed by atoms with Gasteiger partial charge < -0.3 is 5.32 Å². The van der Waals surface area contributed by atoms with Crippen molar-refractivity contribution in [3.05, 3.63) is 12.7 Å². The fourth-order valence-electron chi connectivity index (χ4n) is 1.38. The first kappa shape index (κ1) is 10.7. The van der Waals surface area contributed by atoms with E-state index in [0.717, 1.165) is 12.6 Å². The fourth-order valence-corrected chi connectivity index (χ4v) is 1.38. The summed E-state index contributed by atoms with van der Waals surface area (Å²) in [5, 5.41) is 3.41. The number of hydrogen-bond acceptors (Lipinski definition) is 1. The predicted molar refractivity (Wildman–Crippen MR) is 51.8 cm³/mol. The summed E-state index contributed by atoms with van der Waals surface area (Å²) in [7, 11) is 0. The molecule has 1 aliphatic carbocycles. The van der Waals surface area contributed by atoms with Gasteiger partial charge >= 0.3 is 0 Å². The normalized spacial score (nSPS) is 17.3. The molecule has 1 fully saturated rings. The zero-order valence-electron chi connectivity index (χ0n) is 7.90. The maximum absolute atomic E-state index is 3.66. The smallest absolute Gasteiger partial charge is 0.0134 e. The van der Waals surface area contributed by atoms with Crippen LogP contribution >= 0.6 is 0 Å². The Morgan fingerprint density at radius 3 is 2.36 bits per heavy atom. The van der Waals surface area contributed by atoms with Crippen molar-refractivity contribution in [2.24, 2.45) is 0 Å². The highest BCUT2D eigenvalue weighted by Gasteiger charge is 2.12. The van der Waals surface area contributed by atoms with Crippen molar-refractivity contribution >= 4 is 0 Å². The van der Waals surface area contributed by atoms with Crippen molar-refractivity contribution in [2.75, 3.05) is 6.54 Å². The van der Waals surface area contributed by atoms with E-state index in [1.807, 2.05) is 19.9 Å². The van der Waals surface area contributed by atoms with E-state index in [4.69, 9.17) is 0 Å². The van der Waals surface area contributed by atoms with Crippen LogP contribution in [0, 0.1) is 0 Å². The predicted octanol–water partition coefficient (Wildman–Crippen LogP) is 2.73. The molecule has 0 unspecified atom stereocenters. The number of nitrogens with one attached hydrogen (secondary N) is 1. The summed E-state index contributed by atoms with van der Waals surface area (Å²) in [5.74, 6) is 0. The van der Waals surface area contributed by atoms with E-state index in [2.05, 4.69) is 11.9 Å². The van der Waals surface area contributed by atoms with Crippen molar-refractivity contribution in [1.82, 2.24) is 5.32 Å². The van der Waals surface area contributed by atoms with Crippen LogP contribution in [-0.4, -0.2) is 12.6 Å². The zero-order valence-corrected chi connectivity index (χ0v) is 7.90. The van der Waals surface area contributed by atoms with Crippen LogP contribution in [-0.2, 0) is 0 Å². The minimum Gasteiger partial charge on any atom is -0.311 e. The molecule has 1 rings (SSSR count). The second kappa shape index (κ2) is 7.80. The molecule has 0 amide bonds. The van der Waals surface area contributed by atoms with Gasteiger partial charge in [-0.3, -0.25) is 0 Å². The van der Waals surface area contributed by atoms with Gasteiger partial charge in [0.05, 0.1) is 0 Å². The van der Waals surface area contributed by atoms with Crippen LogP contribution in [0.15, 0.2) is 12.7 Å². The van der Waals surface area contributed by atoms with Crippen molar-refractivity contribution < 1.29 is 0 Å². The van der Waals surface area contributed by atoms with Gasteiger partial charge in [-0.25, -0.2) is 0 Å². The Kier molecular flexibility index (Phi) is 7.59. The maximum Gasteiger partial charge on any atom is 0.0134 e. The Morgan fingerprint density at radius 1 is 1.36 bits per heavy atom. The second-order valence-corrected chi connectivity index (χ2v) is 2.68. The van der Waals surface area contributed by atoms with Crippen molar-refractivity contribution in [1.29, 1.82) is 0 Å². The largest absolute Gasteiger partial charge is 0.311 e. The molecule has 0 aromatic heterocycles. The molecule has 0 aromatic rings. The Balaban J connectivity index is 0.000000461. The monoisotopic (exact) mass is 155 g/mol. The van der Waals surface area contributed by atoms with Gasteiger partial charge in [0.15, 0.2) is 0 Å². The lowest BCUT2D eigenvalue weighted by Crippen LogP contribution is -2.25. The standard InChI is InChI=1S/C8H15N.C2H6/c1-2-7-9-8-5-3-4-6-8;1-2/h2,8-9H,1,3-7H2;1-2H3. The van der Waals surface area contributed by atoms with Gasteiger partial charge in [-0.2, -0.15) is 0 Å². The fraction of sp³-hybridized carbons (Fsp3) is 0.800. The molecular formula is C10H21N. The second-order valence-electron chi connectivity index (χ2n) is 2.68. The van der Waals surface area contributed by atoms with Crippen LogP contribution in [0.3, 0.4) is 0 Å². The first-order valence-corrected chi connectivity index (χ1v) is 4.78. The molecule has 0 aromatic carbocycles. The maximum atomic E-state index is 3.66. The third kappa shape index (κ3) is 5.02. The third-order valence-electron chi connectivity index (χ3n) is 1.91. The lowest BCUT2D eigenvalue weighted by atomic mass is 10.2. The minimum absolute atomic E-state index is 0.794. The number of hydrogen-bond donors (Lipinski definition) is 1. The van der Waals surface area contributed by atoms with Crippen molar-refractivity contribution in [3.8, 4) is 0 Å². The Labute approximate surface area is 70.9 Å². The van der Waals surface area contributed by atoms with Gasteiger partial charge in [-0.05, 0) is 12.8 Å². The Hall–Kier alpha value is -0.300. The first-order valence-electron chi connectivity index (χ1n) is 4.78. The van der Waals surface area contributed by atoms with E-state index in [0.29, 0.717) is 0 Å². The van der Waals surface area contributed by atoms with Crippen LogP contribution < -0.4 is 5.32 Å². The molecule has 66 valence electrons. The molecule has 0 saturated heterocycles. The topological polar surface area (TPSA) is 12.0 Å². The lowest BCUT2D eigenvalue weighted by molar-refractivity contribution is 0.557. The molecule has 1 N–H and O–H groups in total. The van der Waals surface area contributed by atoms with Gasteiger partial charge in [0, 0.05) is 12.6 Å².